The Hall–Kier alpha value is -2.31. The Morgan fingerprint density at radius 3 is 2.12 bits per heavy atom. The van der Waals surface area contributed by atoms with Gasteiger partial charge in [-0.1, -0.05) is 47.6 Å². The van der Waals surface area contributed by atoms with Gasteiger partial charge in [0.15, 0.2) is 0 Å². The first kappa shape index (κ1) is 22.9. The third-order valence-electron chi connectivity index (χ3n) is 6.05. The molecule has 2 aliphatic heterocycles. The molecule has 2 heterocycles. The van der Waals surface area contributed by atoms with Gasteiger partial charge in [0.2, 0.25) is 0 Å². The van der Waals surface area contributed by atoms with Crippen LogP contribution in [-0.2, 0) is 16.0 Å². The zero-order valence-electron chi connectivity index (χ0n) is 18.5. The lowest BCUT2D eigenvalue weighted by molar-refractivity contribution is -0.941. The molecule has 0 bridgehead atoms. The number of benzene rings is 2. The predicted molar refractivity (Wildman–Crippen MR) is 128 cm³/mol. The van der Waals surface area contributed by atoms with Gasteiger partial charge in [-0.05, 0) is 36.3 Å². The number of rotatable bonds is 4. The normalized spacial score (nSPS) is 18.2. The van der Waals surface area contributed by atoms with Crippen LogP contribution in [-0.4, -0.2) is 75.1 Å². The maximum atomic E-state index is 6.43. The van der Waals surface area contributed by atoms with Crippen molar-refractivity contribution < 1.29 is 14.0 Å². The Balaban J connectivity index is 1.37. The van der Waals surface area contributed by atoms with Gasteiger partial charge in [0.25, 0.3) is 0 Å². The highest BCUT2D eigenvalue weighted by Crippen LogP contribution is 2.22. The molecule has 0 atom stereocenters. The molecule has 4 nitrogen and oxygen atoms in total. The zero-order valence-corrected chi connectivity index (χ0v) is 19.2. The molecule has 2 aromatic rings. The summed E-state index contributed by atoms with van der Waals surface area (Å²) in [6.07, 6.45) is 0. The standard InChI is InChI=1S/C27H30ClN2O2/c28-27-8-2-1-7-26(27)23-30(17-21-32-22-18-30)16-4-6-25-11-9-24(10-12-25)5-3-13-29-14-19-31-20-15-29/h1-2,7-12H,13-23H2/q+1. The Morgan fingerprint density at radius 1 is 0.812 bits per heavy atom. The molecule has 0 spiro atoms. The fourth-order valence-corrected chi connectivity index (χ4v) is 4.24. The highest BCUT2D eigenvalue weighted by Gasteiger charge is 2.30. The van der Waals surface area contributed by atoms with Crippen LogP contribution < -0.4 is 0 Å². The van der Waals surface area contributed by atoms with Gasteiger partial charge in [-0.2, -0.15) is 0 Å². The van der Waals surface area contributed by atoms with Gasteiger partial charge in [-0.25, -0.2) is 0 Å². The van der Waals surface area contributed by atoms with Crippen LogP contribution in [0.2, 0.25) is 5.02 Å². The molecule has 0 saturated carbocycles. The van der Waals surface area contributed by atoms with Crippen LogP contribution in [0.3, 0.4) is 0 Å². The number of hydrogen-bond donors (Lipinski definition) is 0. The minimum atomic E-state index is 0.768. The van der Waals surface area contributed by atoms with Gasteiger partial charge in [0, 0.05) is 34.8 Å². The zero-order chi connectivity index (χ0) is 22.1. The van der Waals surface area contributed by atoms with Crippen LogP contribution in [0.15, 0.2) is 48.5 Å². The van der Waals surface area contributed by atoms with Crippen molar-refractivity contribution in [3.8, 4) is 23.7 Å². The summed E-state index contributed by atoms with van der Waals surface area (Å²) in [7, 11) is 0. The van der Waals surface area contributed by atoms with Gasteiger partial charge in [-0.3, -0.25) is 4.90 Å². The van der Waals surface area contributed by atoms with Crippen LogP contribution in [0, 0.1) is 23.7 Å². The van der Waals surface area contributed by atoms with Crippen molar-refractivity contribution in [3.63, 3.8) is 0 Å². The highest BCUT2D eigenvalue weighted by atomic mass is 35.5. The predicted octanol–water partition coefficient (Wildman–Crippen LogP) is 3.42. The molecule has 5 heteroatoms. The van der Waals surface area contributed by atoms with Crippen molar-refractivity contribution in [1.82, 2.24) is 4.90 Å². The molecule has 2 aromatic carbocycles. The SMILES string of the molecule is Clc1ccccc1C[N+]1(CC#Cc2ccc(C#CCN3CCOCC3)cc2)CCOCC1. The smallest absolute Gasteiger partial charge is 0.141 e. The third kappa shape index (κ3) is 6.59. The van der Waals surface area contributed by atoms with Crippen LogP contribution in [0.1, 0.15) is 16.7 Å². The Labute approximate surface area is 196 Å². The first-order valence-electron chi connectivity index (χ1n) is 11.3. The second kappa shape index (κ2) is 11.5. The van der Waals surface area contributed by atoms with E-state index in [1.165, 1.54) is 5.56 Å². The molecule has 166 valence electrons. The van der Waals surface area contributed by atoms with Crippen LogP contribution in [0.4, 0.5) is 0 Å². The van der Waals surface area contributed by atoms with E-state index in [2.05, 4.69) is 65.0 Å². The van der Waals surface area contributed by atoms with Crippen LogP contribution >= 0.6 is 11.6 Å². The Kier molecular flexibility index (Phi) is 8.24. The molecule has 2 aliphatic rings. The minimum Gasteiger partial charge on any atom is -0.379 e. The summed E-state index contributed by atoms with van der Waals surface area (Å²) in [6, 6.07) is 16.3. The first-order chi connectivity index (χ1) is 15.7. The maximum Gasteiger partial charge on any atom is 0.141 e. The highest BCUT2D eigenvalue weighted by molar-refractivity contribution is 6.31. The van der Waals surface area contributed by atoms with Crippen LogP contribution in [0.5, 0.6) is 0 Å². The molecule has 0 N–H and O–H groups in total. The second-order valence-corrected chi connectivity index (χ2v) is 8.79. The van der Waals surface area contributed by atoms with E-state index in [4.69, 9.17) is 21.1 Å². The lowest BCUT2D eigenvalue weighted by atomic mass is 10.1. The Morgan fingerprint density at radius 2 is 1.44 bits per heavy atom. The maximum absolute atomic E-state index is 6.43. The van der Waals surface area contributed by atoms with Crippen LogP contribution in [0.25, 0.3) is 0 Å². The van der Waals surface area contributed by atoms with Crippen molar-refractivity contribution in [3.05, 3.63) is 70.2 Å². The number of quaternary nitrogens is 1. The van der Waals surface area contributed by atoms with Crippen molar-refractivity contribution in [2.24, 2.45) is 0 Å². The molecule has 0 aliphatic carbocycles. The molecule has 0 aromatic heterocycles. The van der Waals surface area contributed by atoms with E-state index >= 15 is 0 Å². The van der Waals surface area contributed by atoms with E-state index in [-0.39, 0.29) is 0 Å². The number of morpholine rings is 2. The van der Waals surface area contributed by atoms with Gasteiger partial charge >= 0.3 is 0 Å². The molecule has 0 radical (unpaired) electrons. The molecule has 4 rings (SSSR count). The number of nitrogens with zero attached hydrogens (tertiary/aromatic N) is 2. The van der Waals surface area contributed by atoms with Gasteiger partial charge < -0.3 is 14.0 Å². The first-order valence-corrected chi connectivity index (χ1v) is 11.6. The van der Waals surface area contributed by atoms with Gasteiger partial charge in [-0.15, -0.1) is 0 Å². The molecular weight excluding hydrogens is 420 g/mol. The van der Waals surface area contributed by atoms with Crippen molar-refractivity contribution in [2.45, 2.75) is 6.54 Å². The van der Waals surface area contributed by atoms with E-state index in [1.807, 2.05) is 12.1 Å². The van der Waals surface area contributed by atoms with E-state index in [1.54, 1.807) is 0 Å². The molecule has 0 amide bonds. The summed E-state index contributed by atoms with van der Waals surface area (Å²) in [5.41, 5.74) is 3.23. The topological polar surface area (TPSA) is 21.7 Å². The van der Waals surface area contributed by atoms with Gasteiger partial charge in [0.05, 0.1) is 33.0 Å². The molecular formula is C27H30ClN2O2+. The number of hydrogen-bond acceptors (Lipinski definition) is 3. The number of ether oxygens (including phenoxy) is 2. The monoisotopic (exact) mass is 449 g/mol. The number of halogens is 1. The van der Waals surface area contributed by atoms with Gasteiger partial charge in [0.1, 0.15) is 26.2 Å². The summed E-state index contributed by atoms with van der Waals surface area (Å²) in [5.74, 6) is 13.3. The Bertz CT molecular complexity index is 1000. The fourth-order valence-electron chi connectivity index (χ4n) is 4.05. The quantitative estimate of drug-likeness (QED) is 0.527. The van der Waals surface area contributed by atoms with E-state index in [0.29, 0.717) is 0 Å². The second-order valence-electron chi connectivity index (χ2n) is 8.38. The van der Waals surface area contributed by atoms with E-state index in [9.17, 15) is 0 Å². The summed E-state index contributed by atoms with van der Waals surface area (Å²) in [6.45, 7) is 9.45. The molecule has 32 heavy (non-hydrogen) atoms. The average Bonchev–Trinajstić information content (AvgIpc) is 2.83. The molecule has 2 fully saturated rings. The summed E-state index contributed by atoms with van der Waals surface area (Å²) < 4.78 is 11.9. The van der Waals surface area contributed by atoms with E-state index in [0.717, 1.165) is 92.9 Å². The summed E-state index contributed by atoms with van der Waals surface area (Å²) in [5, 5.41) is 0.828. The molecule has 2 saturated heterocycles. The lowest BCUT2D eigenvalue weighted by Gasteiger charge is -2.40. The lowest BCUT2D eigenvalue weighted by Crippen LogP contribution is -2.54. The fraction of sp³-hybridized carbons (Fsp3) is 0.407. The average molecular weight is 450 g/mol. The third-order valence-corrected chi connectivity index (χ3v) is 6.42. The minimum absolute atomic E-state index is 0.768. The van der Waals surface area contributed by atoms with Crippen molar-refractivity contribution in [2.75, 3.05) is 65.7 Å². The summed E-state index contributed by atoms with van der Waals surface area (Å²) in [4.78, 5) is 2.32. The van der Waals surface area contributed by atoms with E-state index < -0.39 is 0 Å². The summed E-state index contributed by atoms with van der Waals surface area (Å²) >= 11 is 6.43. The van der Waals surface area contributed by atoms with Crippen molar-refractivity contribution in [1.29, 1.82) is 0 Å². The largest absolute Gasteiger partial charge is 0.379 e. The van der Waals surface area contributed by atoms with Crippen molar-refractivity contribution >= 4 is 11.6 Å². The molecule has 0 unspecified atom stereocenters.